The summed E-state index contributed by atoms with van der Waals surface area (Å²) < 4.78 is 5.03. The van der Waals surface area contributed by atoms with Gasteiger partial charge in [0.2, 0.25) is 5.69 Å². The summed E-state index contributed by atoms with van der Waals surface area (Å²) in [4.78, 5) is 0. The van der Waals surface area contributed by atoms with Gasteiger partial charge in [-0.25, -0.2) is 0 Å². The monoisotopic (exact) mass is 387 g/mol. The zero-order valence-corrected chi connectivity index (χ0v) is 17.1. The molecule has 3 aromatic carbocycles. The van der Waals surface area contributed by atoms with Crippen molar-refractivity contribution in [3.63, 3.8) is 0 Å². The van der Waals surface area contributed by atoms with E-state index in [0.29, 0.717) is 0 Å². The Kier molecular flexibility index (Phi) is 3.07. The number of benzene rings is 3. The van der Waals surface area contributed by atoms with E-state index >= 15 is 0 Å². The highest BCUT2D eigenvalue weighted by Crippen LogP contribution is 2.41. The van der Waals surface area contributed by atoms with E-state index in [1.54, 1.807) is 0 Å². The third-order valence-electron chi connectivity index (χ3n) is 7.29. The van der Waals surface area contributed by atoms with Crippen molar-refractivity contribution in [3.8, 4) is 16.9 Å². The van der Waals surface area contributed by atoms with Crippen molar-refractivity contribution in [1.29, 1.82) is 0 Å². The van der Waals surface area contributed by atoms with Gasteiger partial charge in [-0.2, -0.15) is 4.57 Å². The molecule has 0 fully saturated rings. The molecular formula is C28H23N2+. The molecule has 2 aromatic heterocycles. The summed E-state index contributed by atoms with van der Waals surface area (Å²) in [6, 6.07) is 31.3. The van der Waals surface area contributed by atoms with Crippen LogP contribution in [0.25, 0.3) is 38.8 Å². The highest BCUT2D eigenvalue weighted by atomic mass is 15.1. The minimum Gasteiger partial charge on any atom is -0.309 e. The van der Waals surface area contributed by atoms with E-state index in [9.17, 15) is 0 Å². The van der Waals surface area contributed by atoms with E-state index in [4.69, 9.17) is 0 Å². The van der Waals surface area contributed by atoms with Crippen molar-refractivity contribution in [2.24, 2.45) is 0 Å². The van der Waals surface area contributed by atoms with Crippen molar-refractivity contribution >= 4 is 21.8 Å². The molecule has 1 unspecified atom stereocenters. The molecule has 1 atom stereocenters. The molecule has 5 aromatic rings. The second-order valence-electron chi connectivity index (χ2n) is 9.13. The molecule has 30 heavy (non-hydrogen) atoms. The maximum atomic E-state index is 2.60. The van der Waals surface area contributed by atoms with Gasteiger partial charge in [0.1, 0.15) is 0 Å². The Morgan fingerprint density at radius 1 is 0.800 bits per heavy atom. The molecule has 144 valence electrons. The Bertz CT molecular complexity index is 1480. The molecule has 0 saturated heterocycles. The van der Waals surface area contributed by atoms with Crippen molar-refractivity contribution < 1.29 is 4.57 Å². The van der Waals surface area contributed by atoms with Gasteiger partial charge < -0.3 is 4.57 Å². The first-order chi connectivity index (χ1) is 14.7. The first-order valence-electron chi connectivity index (χ1n) is 10.9. The highest BCUT2D eigenvalue weighted by molar-refractivity contribution is 6.10. The van der Waals surface area contributed by atoms with Crippen LogP contribution in [0.3, 0.4) is 0 Å². The van der Waals surface area contributed by atoms with Gasteiger partial charge in [0.05, 0.1) is 23.0 Å². The lowest BCUT2D eigenvalue weighted by Gasteiger charge is -2.33. The predicted molar refractivity (Wildman–Crippen MR) is 122 cm³/mol. The molecule has 0 amide bonds. The summed E-state index contributed by atoms with van der Waals surface area (Å²) in [5.74, 6) is 0. The molecule has 2 heteroatoms. The summed E-state index contributed by atoms with van der Waals surface area (Å²) in [5.41, 5.74) is 9.80. The number of fused-ring (bicyclic) bond motifs is 5. The summed E-state index contributed by atoms with van der Waals surface area (Å²) in [5, 5.41) is 2.67. The van der Waals surface area contributed by atoms with Crippen molar-refractivity contribution in [3.05, 3.63) is 96.2 Å². The van der Waals surface area contributed by atoms with Crippen molar-refractivity contribution in [2.75, 3.05) is 0 Å². The second-order valence-corrected chi connectivity index (χ2v) is 9.13. The van der Waals surface area contributed by atoms with Gasteiger partial charge in [-0.15, -0.1) is 0 Å². The normalized spacial score (nSPS) is 19.2. The summed E-state index contributed by atoms with van der Waals surface area (Å²) >= 11 is 0. The zero-order valence-electron chi connectivity index (χ0n) is 17.1. The second kappa shape index (κ2) is 5.60. The lowest BCUT2D eigenvalue weighted by Crippen LogP contribution is -2.68. The molecule has 0 bridgehead atoms. The van der Waals surface area contributed by atoms with Crippen LogP contribution in [-0.4, -0.2) is 4.57 Å². The maximum Gasteiger partial charge on any atom is 0.213 e. The Morgan fingerprint density at radius 3 is 2.53 bits per heavy atom. The van der Waals surface area contributed by atoms with Crippen LogP contribution >= 0.6 is 0 Å². The number of hydrogen-bond acceptors (Lipinski definition) is 0. The number of rotatable bonds is 1. The Hall–Kier alpha value is -3.39. The molecule has 2 aliphatic heterocycles. The van der Waals surface area contributed by atoms with Gasteiger partial charge in [0.15, 0.2) is 11.2 Å². The number of aromatic nitrogens is 2. The number of nitrogens with zero attached hydrogens (tertiary/aromatic N) is 2. The van der Waals surface area contributed by atoms with E-state index in [0.717, 1.165) is 6.42 Å². The summed E-state index contributed by atoms with van der Waals surface area (Å²) in [6.07, 6.45) is 3.51. The minimum absolute atomic E-state index is 0.256. The third kappa shape index (κ3) is 2.01. The summed E-state index contributed by atoms with van der Waals surface area (Å²) in [6.45, 7) is 2.43. The van der Waals surface area contributed by atoms with E-state index in [1.165, 1.54) is 62.8 Å². The van der Waals surface area contributed by atoms with E-state index < -0.39 is 0 Å². The molecule has 0 saturated carbocycles. The number of hydrogen-bond donors (Lipinski definition) is 0. The number of aryl methyl sites for hydroxylation is 1. The maximum absolute atomic E-state index is 2.60. The zero-order chi connectivity index (χ0) is 19.9. The molecule has 2 aliphatic rings. The van der Waals surface area contributed by atoms with Gasteiger partial charge in [-0.05, 0) is 48.4 Å². The first-order valence-corrected chi connectivity index (χ1v) is 10.9. The molecule has 2 nitrogen and oxygen atoms in total. The van der Waals surface area contributed by atoms with Crippen LogP contribution < -0.4 is 4.57 Å². The largest absolute Gasteiger partial charge is 0.309 e. The Morgan fingerprint density at radius 2 is 1.63 bits per heavy atom. The molecule has 4 heterocycles. The van der Waals surface area contributed by atoms with Crippen molar-refractivity contribution in [1.82, 2.24) is 4.57 Å². The topological polar surface area (TPSA) is 8.81 Å². The lowest BCUT2D eigenvalue weighted by atomic mass is 9.82. The fourth-order valence-electron chi connectivity index (χ4n) is 5.88. The van der Waals surface area contributed by atoms with E-state index in [2.05, 4.69) is 101 Å². The fraction of sp³-hybridized carbons (Fsp3) is 0.179. The Labute approximate surface area is 176 Å². The molecule has 7 rings (SSSR count). The number of pyridine rings is 1. The average Bonchev–Trinajstić information content (AvgIpc) is 3.04. The van der Waals surface area contributed by atoms with Gasteiger partial charge in [0.25, 0.3) is 0 Å². The van der Waals surface area contributed by atoms with Crippen LogP contribution in [0, 0.1) is 0 Å². The van der Waals surface area contributed by atoms with E-state index in [-0.39, 0.29) is 5.54 Å². The third-order valence-corrected chi connectivity index (χ3v) is 7.29. The van der Waals surface area contributed by atoms with Crippen LogP contribution in [0.5, 0.6) is 0 Å². The van der Waals surface area contributed by atoms with Crippen LogP contribution in [-0.2, 0) is 18.4 Å². The van der Waals surface area contributed by atoms with Crippen molar-refractivity contribution in [2.45, 2.75) is 31.7 Å². The van der Waals surface area contributed by atoms with Gasteiger partial charge in [-0.3, -0.25) is 0 Å². The van der Waals surface area contributed by atoms with Gasteiger partial charge in [0, 0.05) is 41.9 Å². The van der Waals surface area contributed by atoms with E-state index in [1.807, 2.05) is 0 Å². The minimum atomic E-state index is 0.256. The molecule has 0 radical (unpaired) electrons. The van der Waals surface area contributed by atoms with Crippen LogP contribution in [0.15, 0.2) is 84.9 Å². The Balaban J connectivity index is 1.60. The smallest absolute Gasteiger partial charge is 0.213 e. The SMILES string of the molecule is CC12CCc3cc4c(cc3-c3cccc([n+]31)C2)c1ccccc1n4-c1ccccc1. The first kappa shape index (κ1) is 16.4. The molecule has 0 spiro atoms. The predicted octanol–water partition coefficient (Wildman–Crippen LogP) is 5.96. The average molecular weight is 388 g/mol. The summed E-state index contributed by atoms with van der Waals surface area (Å²) in [7, 11) is 0. The number of para-hydroxylation sites is 2. The van der Waals surface area contributed by atoms with Crippen LogP contribution in [0.1, 0.15) is 24.6 Å². The van der Waals surface area contributed by atoms with Gasteiger partial charge >= 0.3 is 0 Å². The van der Waals surface area contributed by atoms with Crippen LogP contribution in [0.4, 0.5) is 0 Å². The standard InChI is InChI=1S/C28H23N2/c1-28-15-14-19-16-27-24(17-23(19)26-13-7-10-21(18-28)30(26)28)22-11-5-6-12-25(22)29(27)20-8-3-2-4-9-20/h2-13,16-17H,14-15,18H2,1H3/q+1. The molecular weight excluding hydrogens is 364 g/mol. The highest BCUT2D eigenvalue weighted by Gasteiger charge is 2.51. The molecule has 0 N–H and O–H groups in total. The fourth-order valence-corrected chi connectivity index (χ4v) is 5.88. The van der Waals surface area contributed by atoms with Crippen LogP contribution in [0.2, 0.25) is 0 Å². The lowest BCUT2D eigenvalue weighted by molar-refractivity contribution is -0.798. The quantitative estimate of drug-likeness (QED) is 0.314. The molecule has 0 aliphatic carbocycles. The van der Waals surface area contributed by atoms with Gasteiger partial charge in [-0.1, -0.05) is 36.4 Å².